The van der Waals surface area contributed by atoms with Crippen LogP contribution in [-0.2, 0) is 6.54 Å². The van der Waals surface area contributed by atoms with Crippen molar-refractivity contribution >= 4 is 5.91 Å². The molecule has 8 nitrogen and oxygen atoms in total. The molecule has 1 aliphatic heterocycles. The summed E-state index contributed by atoms with van der Waals surface area (Å²) in [5, 5.41) is 11.9. The molecule has 3 aromatic rings. The van der Waals surface area contributed by atoms with Gasteiger partial charge in [-0.2, -0.15) is 5.10 Å². The SMILES string of the molecule is Cc1nonc1C(=O)N1CCC(Cn2nc(-c3ccccc3)ccc2=O)CC1. The van der Waals surface area contributed by atoms with Gasteiger partial charge in [0.25, 0.3) is 11.5 Å². The summed E-state index contributed by atoms with van der Waals surface area (Å²) in [7, 11) is 0. The van der Waals surface area contributed by atoms with E-state index in [0.29, 0.717) is 25.3 Å². The minimum absolute atomic E-state index is 0.109. The molecule has 4 rings (SSSR count). The minimum atomic E-state index is -0.154. The fourth-order valence-electron chi connectivity index (χ4n) is 3.48. The van der Waals surface area contributed by atoms with Crippen molar-refractivity contribution in [3.63, 3.8) is 0 Å². The zero-order chi connectivity index (χ0) is 19.5. The Kier molecular flexibility index (Phi) is 5.01. The Bertz CT molecular complexity index is 1020. The van der Waals surface area contributed by atoms with Crippen molar-refractivity contribution in [1.82, 2.24) is 25.0 Å². The highest BCUT2D eigenvalue weighted by Crippen LogP contribution is 2.21. The first-order chi connectivity index (χ1) is 13.6. The quantitative estimate of drug-likeness (QED) is 0.689. The summed E-state index contributed by atoms with van der Waals surface area (Å²) in [5.41, 5.74) is 2.42. The van der Waals surface area contributed by atoms with Crippen molar-refractivity contribution in [3.05, 3.63) is 64.2 Å². The van der Waals surface area contributed by atoms with Gasteiger partial charge in [-0.05, 0) is 36.9 Å². The maximum Gasteiger partial charge on any atom is 0.278 e. The van der Waals surface area contributed by atoms with Crippen LogP contribution in [0.3, 0.4) is 0 Å². The molecule has 0 atom stereocenters. The average Bonchev–Trinajstić information content (AvgIpc) is 3.16. The number of carbonyl (C=O) groups is 1. The number of hydrogen-bond acceptors (Lipinski definition) is 6. The Morgan fingerprint density at radius 2 is 1.86 bits per heavy atom. The molecule has 1 aliphatic rings. The van der Waals surface area contributed by atoms with Crippen LogP contribution in [0, 0.1) is 12.8 Å². The average molecular weight is 379 g/mol. The van der Waals surface area contributed by atoms with Gasteiger partial charge < -0.3 is 4.90 Å². The molecule has 1 fully saturated rings. The fraction of sp³-hybridized carbons (Fsp3) is 0.350. The highest BCUT2D eigenvalue weighted by molar-refractivity contribution is 5.93. The third-order valence-electron chi connectivity index (χ3n) is 5.12. The van der Waals surface area contributed by atoms with E-state index in [0.717, 1.165) is 24.1 Å². The third-order valence-corrected chi connectivity index (χ3v) is 5.12. The first-order valence-electron chi connectivity index (χ1n) is 9.34. The highest BCUT2D eigenvalue weighted by atomic mass is 16.6. The van der Waals surface area contributed by atoms with E-state index < -0.39 is 0 Å². The molecule has 0 radical (unpaired) electrons. The van der Waals surface area contributed by atoms with Crippen molar-refractivity contribution in [3.8, 4) is 11.3 Å². The van der Waals surface area contributed by atoms with Gasteiger partial charge in [-0.25, -0.2) is 9.31 Å². The molecular formula is C20H21N5O3. The molecule has 0 saturated carbocycles. The van der Waals surface area contributed by atoms with Gasteiger partial charge >= 0.3 is 0 Å². The number of carbonyl (C=O) groups excluding carboxylic acids is 1. The number of hydrogen-bond donors (Lipinski definition) is 0. The summed E-state index contributed by atoms with van der Waals surface area (Å²) in [6.07, 6.45) is 1.61. The van der Waals surface area contributed by atoms with E-state index in [1.54, 1.807) is 24.0 Å². The van der Waals surface area contributed by atoms with E-state index >= 15 is 0 Å². The zero-order valence-corrected chi connectivity index (χ0v) is 15.6. The maximum atomic E-state index is 12.5. The Morgan fingerprint density at radius 1 is 1.11 bits per heavy atom. The number of likely N-dealkylation sites (tertiary alicyclic amines) is 1. The lowest BCUT2D eigenvalue weighted by atomic mass is 9.96. The van der Waals surface area contributed by atoms with E-state index in [4.69, 9.17) is 0 Å². The van der Waals surface area contributed by atoms with Crippen molar-refractivity contribution in [2.45, 2.75) is 26.3 Å². The molecule has 1 amide bonds. The number of benzene rings is 1. The molecule has 0 spiro atoms. The smallest absolute Gasteiger partial charge is 0.278 e. The summed E-state index contributed by atoms with van der Waals surface area (Å²) in [4.78, 5) is 26.5. The molecule has 0 unspecified atom stereocenters. The normalized spacial score (nSPS) is 15.0. The number of nitrogens with zero attached hydrogens (tertiary/aromatic N) is 5. The van der Waals surface area contributed by atoms with Crippen molar-refractivity contribution < 1.29 is 9.42 Å². The Balaban J connectivity index is 1.42. The van der Waals surface area contributed by atoms with Crippen LogP contribution in [0.15, 0.2) is 51.9 Å². The lowest BCUT2D eigenvalue weighted by molar-refractivity contribution is 0.0669. The second-order valence-electron chi connectivity index (χ2n) is 7.04. The van der Waals surface area contributed by atoms with Crippen LogP contribution < -0.4 is 5.56 Å². The van der Waals surface area contributed by atoms with Crippen LogP contribution >= 0.6 is 0 Å². The molecule has 2 aromatic heterocycles. The Hall–Kier alpha value is -3.29. The second-order valence-corrected chi connectivity index (χ2v) is 7.04. The molecule has 28 heavy (non-hydrogen) atoms. The van der Waals surface area contributed by atoms with Crippen LogP contribution in [0.25, 0.3) is 11.3 Å². The van der Waals surface area contributed by atoms with Crippen molar-refractivity contribution in [1.29, 1.82) is 0 Å². The van der Waals surface area contributed by atoms with Crippen molar-refractivity contribution in [2.24, 2.45) is 5.92 Å². The van der Waals surface area contributed by atoms with Crippen LogP contribution in [-0.4, -0.2) is 44.0 Å². The van der Waals surface area contributed by atoms with Gasteiger partial charge in [-0.1, -0.05) is 35.5 Å². The predicted octanol–water partition coefficient (Wildman–Crippen LogP) is 2.15. The van der Waals surface area contributed by atoms with Crippen molar-refractivity contribution in [2.75, 3.05) is 13.1 Å². The van der Waals surface area contributed by atoms with Gasteiger partial charge in [0, 0.05) is 31.3 Å². The summed E-state index contributed by atoms with van der Waals surface area (Å²) >= 11 is 0. The number of aromatic nitrogens is 4. The largest absolute Gasteiger partial charge is 0.337 e. The van der Waals surface area contributed by atoms with E-state index in [2.05, 4.69) is 20.0 Å². The minimum Gasteiger partial charge on any atom is -0.337 e. The third kappa shape index (κ3) is 3.71. The first-order valence-corrected chi connectivity index (χ1v) is 9.34. The van der Waals surface area contributed by atoms with Gasteiger partial charge in [0.2, 0.25) is 0 Å². The van der Waals surface area contributed by atoms with Gasteiger partial charge in [0.15, 0.2) is 5.69 Å². The Morgan fingerprint density at radius 3 is 2.54 bits per heavy atom. The van der Waals surface area contributed by atoms with Crippen LogP contribution in [0.5, 0.6) is 0 Å². The maximum absolute atomic E-state index is 12.5. The molecule has 0 aliphatic carbocycles. The lowest BCUT2D eigenvalue weighted by Gasteiger charge is -2.31. The summed E-state index contributed by atoms with van der Waals surface area (Å²) in [6, 6.07) is 13.1. The summed E-state index contributed by atoms with van der Waals surface area (Å²) in [5.74, 6) is 0.135. The van der Waals surface area contributed by atoms with Gasteiger partial charge in [-0.3, -0.25) is 9.59 Å². The molecule has 144 valence electrons. The second kappa shape index (κ2) is 7.75. The number of amides is 1. The molecule has 3 heterocycles. The number of rotatable bonds is 4. The Labute approximate surface area is 161 Å². The molecular weight excluding hydrogens is 358 g/mol. The molecule has 0 bridgehead atoms. The number of aryl methyl sites for hydroxylation is 1. The van der Waals surface area contributed by atoms with Gasteiger partial charge in [0.05, 0.1) is 5.69 Å². The zero-order valence-electron chi connectivity index (χ0n) is 15.6. The predicted molar refractivity (Wildman–Crippen MR) is 102 cm³/mol. The monoisotopic (exact) mass is 379 g/mol. The van der Waals surface area contributed by atoms with Gasteiger partial charge in [-0.15, -0.1) is 0 Å². The fourth-order valence-corrected chi connectivity index (χ4v) is 3.48. The molecule has 8 heteroatoms. The molecule has 1 aromatic carbocycles. The van der Waals surface area contributed by atoms with E-state index in [1.165, 1.54) is 4.68 Å². The number of piperidine rings is 1. The standard InChI is InChI=1S/C20H21N5O3/c1-14-19(23-28-22-14)20(27)24-11-9-15(10-12-24)13-25-18(26)8-7-17(21-25)16-5-3-2-4-6-16/h2-8,15H,9-13H2,1H3. The summed E-state index contributed by atoms with van der Waals surface area (Å²) < 4.78 is 6.16. The van der Waals surface area contributed by atoms with Gasteiger partial charge in [0.1, 0.15) is 5.69 Å². The van der Waals surface area contributed by atoms with Crippen LogP contribution in [0.4, 0.5) is 0 Å². The first kappa shape index (κ1) is 18.1. The van der Waals surface area contributed by atoms with E-state index in [-0.39, 0.29) is 23.1 Å². The highest BCUT2D eigenvalue weighted by Gasteiger charge is 2.27. The molecule has 1 saturated heterocycles. The van der Waals surface area contributed by atoms with Crippen LogP contribution in [0.1, 0.15) is 29.0 Å². The lowest BCUT2D eigenvalue weighted by Crippen LogP contribution is -2.40. The summed E-state index contributed by atoms with van der Waals surface area (Å²) in [6.45, 7) is 3.48. The van der Waals surface area contributed by atoms with E-state index in [9.17, 15) is 9.59 Å². The van der Waals surface area contributed by atoms with Crippen LogP contribution in [0.2, 0.25) is 0 Å². The molecule has 0 N–H and O–H groups in total. The topological polar surface area (TPSA) is 94.1 Å². The van der Waals surface area contributed by atoms with E-state index in [1.807, 2.05) is 30.3 Å².